The van der Waals surface area contributed by atoms with Crippen LogP contribution in [0.3, 0.4) is 0 Å². The SMILES string of the molecule is CC(C)(C)OC(=O)NC(C)(C)c1noc(CN2C(=O)NC(C)(c3ccco3)C2=O)n1. The summed E-state index contributed by atoms with van der Waals surface area (Å²) in [6, 6.07) is 2.63. The van der Waals surface area contributed by atoms with Gasteiger partial charge in [0.05, 0.1) is 6.26 Å². The van der Waals surface area contributed by atoms with Crippen molar-refractivity contribution in [3.8, 4) is 0 Å². The fourth-order valence-electron chi connectivity index (χ4n) is 2.89. The molecule has 162 valence electrons. The van der Waals surface area contributed by atoms with Crippen LogP contribution >= 0.6 is 0 Å². The first kappa shape index (κ1) is 21.3. The number of hydrogen-bond donors (Lipinski definition) is 2. The van der Waals surface area contributed by atoms with Crippen molar-refractivity contribution >= 4 is 18.0 Å². The monoisotopic (exact) mass is 419 g/mol. The predicted molar refractivity (Wildman–Crippen MR) is 102 cm³/mol. The highest BCUT2D eigenvalue weighted by Gasteiger charge is 2.51. The molecule has 0 aliphatic carbocycles. The number of nitrogens with zero attached hydrogens (tertiary/aromatic N) is 3. The van der Waals surface area contributed by atoms with Crippen LogP contribution in [0.1, 0.15) is 59.0 Å². The van der Waals surface area contributed by atoms with E-state index in [0.29, 0.717) is 5.76 Å². The van der Waals surface area contributed by atoms with Gasteiger partial charge in [0.15, 0.2) is 11.4 Å². The summed E-state index contributed by atoms with van der Waals surface area (Å²) in [4.78, 5) is 42.5. The lowest BCUT2D eigenvalue weighted by Gasteiger charge is -2.26. The lowest BCUT2D eigenvalue weighted by molar-refractivity contribution is -0.132. The van der Waals surface area contributed by atoms with Crippen LogP contribution in [-0.2, 0) is 27.2 Å². The molecular formula is C19H25N5O6. The van der Waals surface area contributed by atoms with Crippen LogP contribution < -0.4 is 10.6 Å². The lowest BCUT2D eigenvalue weighted by atomic mass is 9.99. The number of ether oxygens (including phenoxy) is 1. The fourth-order valence-corrected chi connectivity index (χ4v) is 2.89. The normalized spacial score (nSPS) is 19.7. The highest BCUT2D eigenvalue weighted by molar-refractivity contribution is 6.06. The Morgan fingerprint density at radius 2 is 2.00 bits per heavy atom. The van der Waals surface area contributed by atoms with Crippen LogP contribution in [0.2, 0.25) is 0 Å². The largest absolute Gasteiger partial charge is 0.466 e. The first-order valence-electron chi connectivity index (χ1n) is 9.34. The molecule has 30 heavy (non-hydrogen) atoms. The molecule has 0 radical (unpaired) electrons. The molecule has 3 rings (SSSR count). The van der Waals surface area contributed by atoms with Crippen LogP contribution in [0.15, 0.2) is 27.3 Å². The summed E-state index contributed by atoms with van der Waals surface area (Å²) in [5.41, 5.74) is -2.99. The molecule has 0 aromatic carbocycles. The summed E-state index contributed by atoms with van der Waals surface area (Å²) < 4.78 is 15.7. The third-order valence-electron chi connectivity index (χ3n) is 4.42. The molecule has 1 saturated heterocycles. The highest BCUT2D eigenvalue weighted by Crippen LogP contribution is 2.30. The number of nitrogens with one attached hydrogen (secondary N) is 2. The number of carbonyl (C=O) groups excluding carboxylic acids is 3. The van der Waals surface area contributed by atoms with Crippen LogP contribution in [0.25, 0.3) is 0 Å². The summed E-state index contributed by atoms with van der Waals surface area (Å²) >= 11 is 0. The van der Waals surface area contributed by atoms with E-state index in [9.17, 15) is 14.4 Å². The second-order valence-electron chi connectivity index (χ2n) is 8.69. The molecule has 1 unspecified atom stereocenters. The van der Waals surface area contributed by atoms with Crippen LogP contribution in [0.4, 0.5) is 9.59 Å². The average molecular weight is 419 g/mol. The highest BCUT2D eigenvalue weighted by atomic mass is 16.6. The van der Waals surface area contributed by atoms with Crippen molar-refractivity contribution in [2.24, 2.45) is 0 Å². The van der Waals surface area contributed by atoms with Crippen molar-refractivity contribution in [3.05, 3.63) is 35.9 Å². The molecule has 0 saturated carbocycles. The number of furan rings is 1. The minimum absolute atomic E-state index is 0.0382. The maximum atomic E-state index is 12.8. The molecule has 0 spiro atoms. The van der Waals surface area contributed by atoms with E-state index in [2.05, 4.69) is 20.8 Å². The molecular weight excluding hydrogens is 394 g/mol. The van der Waals surface area contributed by atoms with Gasteiger partial charge in [-0.05, 0) is 53.7 Å². The number of aromatic nitrogens is 2. The van der Waals surface area contributed by atoms with Crippen molar-refractivity contribution in [2.75, 3.05) is 0 Å². The lowest BCUT2D eigenvalue weighted by Crippen LogP contribution is -2.44. The third-order valence-corrected chi connectivity index (χ3v) is 4.42. The van der Waals surface area contributed by atoms with E-state index in [1.807, 2.05) is 0 Å². The summed E-state index contributed by atoms with van der Waals surface area (Å²) in [6.07, 6.45) is 0.786. The number of imide groups is 1. The van der Waals surface area contributed by atoms with E-state index in [1.165, 1.54) is 6.26 Å². The predicted octanol–water partition coefficient (Wildman–Crippen LogP) is 2.39. The number of alkyl carbamates (subject to hydrolysis) is 1. The number of hydrogen-bond acceptors (Lipinski definition) is 8. The van der Waals surface area contributed by atoms with E-state index in [1.54, 1.807) is 53.7 Å². The molecule has 2 aromatic rings. The zero-order valence-corrected chi connectivity index (χ0v) is 17.7. The van der Waals surface area contributed by atoms with Crippen molar-refractivity contribution < 1.29 is 28.1 Å². The number of amides is 4. The molecule has 1 aliphatic rings. The first-order valence-corrected chi connectivity index (χ1v) is 9.34. The van der Waals surface area contributed by atoms with Crippen LogP contribution in [-0.4, -0.2) is 38.7 Å². The molecule has 3 heterocycles. The van der Waals surface area contributed by atoms with Gasteiger partial charge >= 0.3 is 12.1 Å². The van der Waals surface area contributed by atoms with Gasteiger partial charge in [-0.15, -0.1) is 0 Å². The first-order chi connectivity index (χ1) is 13.8. The van der Waals surface area contributed by atoms with Gasteiger partial charge in [-0.25, -0.2) is 9.59 Å². The smallest absolute Gasteiger partial charge is 0.408 e. The number of rotatable bonds is 5. The molecule has 0 bridgehead atoms. The number of carbonyl (C=O) groups is 3. The van der Waals surface area contributed by atoms with Gasteiger partial charge in [-0.1, -0.05) is 5.16 Å². The van der Waals surface area contributed by atoms with Crippen molar-refractivity contribution in [1.29, 1.82) is 0 Å². The van der Waals surface area contributed by atoms with E-state index in [-0.39, 0.29) is 18.3 Å². The zero-order chi connectivity index (χ0) is 22.3. The molecule has 11 nitrogen and oxygen atoms in total. The Bertz CT molecular complexity index is 958. The van der Waals surface area contributed by atoms with Crippen molar-refractivity contribution in [2.45, 2.75) is 64.8 Å². The molecule has 1 atom stereocenters. The second-order valence-corrected chi connectivity index (χ2v) is 8.69. The Balaban J connectivity index is 1.72. The Morgan fingerprint density at radius 1 is 1.30 bits per heavy atom. The van der Waals surface area contributed by atoms with E-state index in [4.69, 9.17) is 13.7 Å². The van der Waals surface area contributed by atoms with Crippen LogP contribution in [0.5, 0.6) is 0 Å². The molecule has 4 amide bonds. The van der Waals surface area contributed by atoms with Gasteiger partial charge in [0.2, 0.25) is 5.89 Å². The summed E-state index contributed by atoms with van der Waals surface area (Å²) in [5.74, 6) is 0.0195. The molecule has 2 aromatic heterocycles. The number of urea groups is 1. The molecule has 1 fully saturated rings. The molecule has 11 heteroatoms. The molecule has 2 N–H and O–H groups in total. The molecule has 1 aliphatic heterocycles. The summed E-state index contributed by atoms with van der Waals surface area (Å²) in [5, 5.41) is 9.16. The van der Waals surface area contributed by atoms with Gasteiger partial charge in [-0.3, -0.25) is 9.69 Å². The Hall–Kier alpha value is -3.37. The second kappa shape index (κ2) is 7.15. The standard InChI is InChI=1S/C19H25N5O6/c1-17(2,3)29-16(27)22-18(4,5)13-20-12(30-23-13)10-24-14(25)19(6,21-15(24)26)11-8-7-9-28-11/h7-9H,10H2,1-6H3,(H,21,26)(H,22,27). The topological polar surface area (TPSA) is 140 Å². The Kier molecular flexibility index (Phi) is 5.09. The van der Waals surface area contributed by atoms with Gasteiger partial charge in [0, 0.05) is 0 Å². The van der Waals surface area contributed by atoms with E-state index in [0.717, 1.165) is 4.90 Å². The average Bonchev–Trinajstić information content (AvgIpc) is 3.31. The van der Waals surface area contributed by atoms with Gasteiger partial charge < -0.3 is 24.3 Å². The Morgan fingerprint density at radius 3 is 2.60 bits per heavy atom. The van der Waals surface area contributed by atoms with Crippen molar-refractivity contribution in [3.63, 3.8) is 0 Å². The van der Waals surface area contributed by atoms with E-state index >= 15 is 0 Å². The van der Waals surface area contributed by atoms with Crippen molar-refractivity contribution in [1.82, 2.24) is 25.7 Å². The summed E-state index contributed by atoms with van der Waals surface area (Å²) in [7, 11) is 0. The third kappa shape index (κ3) is 4.14. The van der Waals surface area contributed by atoms with Gasteiger partial charge in [0.25, 0.3) is 5.91 Å². The maximum absolute atomic E-state index is 12.8. The van der Waals surface area contributed by atoms with Gasteiger partial charge in [-0.2, -0.15) is 4.98 Å². The van der Waals surface area contributed by atoms with E-state index < -0.39 is 34.7 Å². The quantitative estimate of drug-likeness (QED) is 0.704. The van der Waals surface area contributed by atoms with Crippen LogP contribution in [0, 0.1) is 0 Å². The summed E-state index contributed by atoms with van der Waals surface area (Å²) in [6.45, 7) is 9.93. The minimum Gasteiger partial charge on any atom is -0.466 e. The Labute approximate surface area is 173 Å². The minimum atomic E-state index is -1.32. The van der Waals surface area contributed by atoms with Gasteiger partial charge in [0.1, 0.15) is 23.4 Å². The fraction of sp³-hybridized carbons (Fsp3) is 0.526. The maximum Gasteiger partial charge on any atom is 0.408 e. The zero-order valence-electron chi connectivity index (χ0n) is 17.7.